The predicted octanol–water partition coefficient (Wildman–Crippen LogP) is 2.37. The van der Waals surface area contributed by atoms with Crippen LogP contribution in [-0.4, -0.2) is 47.1 Å². The second kappa shape index (κ2) is 5.09. The standard InChI is InChI=1S/C17H21N3O2/c1-10-18-15-4-3-11(7-16(15)19-10)17(21)20-8-12-5-14(22-2)6-13(12)9-20/h3-4,7,12-14H,5-6,8-9H2,1-2H3,(H,18,19)/t12-,13+,14?. The zero-order valence-corrected chi connectivity index (χ0v) is 13.0. The van der Waals surface area contributed by atoms with Crippen molar-refractivity contribution < 1.29 is 9.53 Å². The van der Waals surface area contributed by atoms with E-state index in [0.717, 1.165) is 48.4 Å². The van der Waals surface area contributed by atoms with Crippen LogP contribution in [0.5, 0.6) is 0 Å². The number of ether oxygens (including phenoxy) is 1. The second-order valence-electron chi connectivity index (χ2n) is 6.61. The third kappa shape index (κ3) is 2.20. The lowest BCUT2D eigenvalue weighted by molar-refractivity contribution is 0.0731. The van der Waals surface area contributed by atoms with E-state index in [-0.39, 0.29) is 5.91 Å². The number of rotatable bonds is 2. The summed E-state index contributed by atoms with van der Waals surface area (Å²) in [4.78, 5) is 22.3. The van der Waals surface area contributed by atoms with Gasteiger partial charge in [-0.15, -0.1) is 0 Å². The molecular formula is C17H21N3O2. The highest BCUT2D eigenvalue weighted by Crippen LogP contribution is 2.39. The molecule has 1 N–H and O–H groups in total. The third-order valence-electron chi connectivity index (χ3n) is 5.18. The molecule has 1 unspecified atom stereocenters. The summed E-state index contributed by atoms with van der Waals surface area (Å²) in [5.74, 6) is 2.22. The van der Waals surface area contributed by atoms with Crippen molar-refractivity contribution in [1.29, 1.82) is 0 Å². The Labute approximate surface area is 129 Å². The van der Waals surface area contributed by atoms with E-state index in [1.807, 2.05) is 30.0 Å². The Morgan fingerprint density at radius 1 is 1.32 bits per heavy atom. The van der Waals surface area contributed by atoms with Gasteiger partial charge in [-0.3, -0.25) is 4.79 Å². The first-order valence-corrected chi connectivity index (χ1v) is 7.92. The number of hydrogen-bond acceptors (Lipinski definition) is 3. The summed E-state index contributed by atoms with van der Waals surface area (Å²) in [5, 5.41) is 0. The smallest absolute Gasteiger partial charge is 0.253 e. The predicted molar refractivity (Wildman–Crippen MR) is 83.7 cm³/mol. The second-order valence-corrected chi connectivity index (χ2v) is 6.61. The molecule has 0 spiro atoms. The Balaban J connectivity index is 1.52. The summed E-state index contributed by atoms with van der Waals surface area (Å²) in [5.41, 5.74) is 2.59. The first-order chi connectivity index (χ1) is 10.6. The highest BCUT2D eigenvalue weighted by atomic mass is 16.5. The summed E-state index contributed by atoms with van der Waals surface area (Å²) >= 11 is 0. The number of methoxy groups -OCH3 is 1. The molecule has 1 saturated heterocycles. The number of H-pyrrole nitrogens is 1. The maximum atomic E-state index is 12.7. The maximum absolute atomic E-state index is 12.7. The Morgan fingerprint density at radius 3 is 2.73 bits per heavy atom. The van der Waals surface area contributed by atoms with Gasteiger partial charge in [-0.05, 0) is 49.8 Å². The molecule has 1 aromatic carbocycles. The molecule has 3 atom stereocenters. The molecule has 2 fully saturated rings. The molecule has 1 aliphatic carbocycles. The van der Waals surface area contributed by atoms with Gasteiger partial charge in [0.15, 0.2) is 0 Å². The maximum Gasteiger partial charge on any atom is 0.253 e. The lowest BCUT2D eigenvalue weighted by atomic mass is 10.0. The van der Waals surface area contributed by atoms with Gasteiger partial charge < -0.3 is 14.6 Å². The zero-order chi connectivity index (χ0) is 15.3. The molecule has 0 radical (unpaired) electrons. The largest absolute Gasteiger partial charge is 0.381 e. The first kappa shape index (κ1) is 13.8. The number of carbonyl (C=O) groups excluding carboxylic acids is 1. The molecule has 5 heteroatoms. The zero-order valence-electron chi connectivity index (χ0n) is 13.0. The van der Waals surface area contributed by atoms with Crippen LogP contribution in [-0.2, 0) is 4.74 Å². The lowest BCUT2D eigenvalue weighted by Gasteiger charge is -2.19. The molecule has 22 heavy (non-hydrogen) atoms. The lowest BCUT2D eigenvalue weighted by Crippen LogP contribution is -2.30. The van der Waals surface area contributed by atoms with Crippen LogP contribution in [0.25, 0.3) is 11.0 Å². The van der Waals surface area contributed by atoms with Crippen molar-refractivity contribution in [2.75, 3.05) is 20.2 Å². The van der Waals surface area contributed by atoms with E-state index in [1.54, 1.807) is 7.11 Å². The van der Waals surface area contributed by atoms with E-state index in [1.165, 1.54) is 0 Å². The molecule has 116 valence electrons. The van der Waals surface area contributed by atoms with Gasteiger partial charge in [0.1, 0.15) is 5.82 Å². The number of fused-ring (bicyclic) bond motifs is 2. The van der Waals surface area contributed by atoms with Crippen molar-refractivity contribution in [3.63, 3.8) is 0 Å². The normalized spacial score (nSPS) is 27.5. The van der Waals surface area contributed by atoms with Crippen molar-refractivity contribution in [3.05, 3.63) is 29.6 Å². The number of aromatic nitrogens is 2. The number of benzene rings is 1. The summed E-state index contributed by atoms with van der Waals surface area (Å²) in [6.07, 6.45) is 2.56. The fraction of sp³-hybridized carbons (Fsp3) is 0.529. The Hall–Kier alpha value is -1.88. The van der Waals surface area contributed by atoms with Gasteiger partial charge in [-0.25, -0.2) is 4.98 Å². The molecule has 1 aliphatic heterocycles. The van der Waals surface area contributed by atoms with Crippen molar-refractivity contribution in [2.45, 2.75) is 25.9 Å². The molecule has 2 aliphatic rings. The van der Waals surface area contributed by atoms with Crippen LogP contribution in [0.3, 0.4) is 0 Å². The minimum Gasteiger partial charge on any atom is -0.381 e. The van der Waals surface area contributed by atoms with Gasteiger partial charge in [0.2, 0.25) is 0 Å². The summed E-state index contributed by atoms with van der Waals surface area (Å²) in [7, 11) is 1.79. The molecule has 0 bridgehead atoms. The highest BCUT2D eigenvalue weighted by molar-refractivity contribution is 5.97. The van der Waals surface area contributed by atoms with E-state index in [9.17, 15) is 4.79 Å². The number of hydrogen-bond donors (Lipinski definition) is 1. The van der Waals surface area contributed by atoms with E-state index in [0.29, 0.717) is 17.9 Å². The van der Waals surface area contributed by atoms with Crippen LogP contribution in [0, 0.1) is 18.8 Å². The van der Waals surface area contributed by atoms with Gasteiger partial charge in [0, 0.05) is 25.8 Å². The number of aromatic amines is 1. The number of imidazole rings is 1. The summed E-state index contributed by atoms with van der Waals surface area (Å²) in [6.45, 7) is 3.65. The van der Waals surface area contributed by atoms with E-state index in [4.69, 9.17) is 4.74 Å². The van der Waals surface area contributed by atoms with Crippen LogP contribution >= 0.6 is 0 Å². The Morgan fingerprint density at radius 2 is 2.05 bits per heavy atom. The molecule has 1 amide bonds. The topological polar surface area (TPSA) is 58.2 Å². The van der Waals surface area contributed by atoms with Crippen LogP contribution < -0.4 is 0 Å². The average molecular weight is 299 g/mol. The molecule has 5 nitrogen and oxygen atoms in total. The molecule has 1 saturated carbocycles. The minimum atomic E-state index is 0.137. The van der Waals surface area contributed by atoms with Gasteiger partial charge in [0.25, 0.3) is 5.91 Å². The van der Waals surface area contributed by atoms with Gasteiger partial charge in [-0.1, -0.05) is 0 Å². The molecular weight excluding hydrogens is 278 g/mol. The Bertz CT molecular complexity index is 710. The number of nitrogens with one attached hydrogen (secondary N) is 1. The fourth-order valence-corrected chi connectivity index (χ4v) is 4.06. The van der Waals surface area contributed by atoms with Crippen LogP contribution in [0.4, 0.5) is 0 Å². The third-order valence-corrected chi connectivity index (χ3v) is 5.18. The molecule has 2 aromatic rings. The van der Waals surface area contributed by atoms with Gasteiger partial charge >= 0.3 is 0 Å². The SMILES string of the molecule is COC1C[C@@H]2CN(C(=O)c3ccc4nc(C)[nH]c4c3)C[C@@H]2C1. The van der Waals surface area contributed by atoms with Crippen LogP contribution in [0.2, 0.25) is 0 Å². The number of aryl methyl sites for hydroxylation is 1. The summed E-state index contributed by atoms with van der Waals surface area (Å²) < 4.78 is 5.46. The van der Waals surface area contributed by atoms with Gasteiger partial charge in [0.05, 0.1) is 17.1 Å². The first-order valence-electron chi connectivity index (χ1n) is 7.92. The van der Waals surface area contributed by atoms with Crippen molar-refractivity contribution in [3.8, 4) is 0 Å². The average Bonchev–Trinajstić information content (AvgIpc) is 3.15. The van der Waals surface area contributed by atoms with E-state index >= 15 is 0 Å². The van der Waals surface area contributed by atoms with Crippen LogP contribution in [0.1, 0.15) is 29.0 Å². The monoisotopic (exact) mass is 299 g/mol. The Kier molecular flexibility index (Phi) is 3.18. The minimum absolute atomic E-state index is 0.137. The van der Waals surface area contributed by atoms with E-state index in [2.05, 4.69) is 9.97 Å². The molecule has 1 aromatic heterocycles. The number of likely N-dealkylation sites (tertiary alicyclic amines) is 1. The number of amides is 1. The molecule has 4 rings (SSSR count). The highest BCUT2D eigenvalue weighted by Gasteiger charge is 2.42. The van der Waals surface area contributed by atoms with Crippen molar-refractivity contribution >= 4 is 16.9 Å². The number of nitrogens with zero attached hydrogens (tertiary/aromatic N) is 2. The molecule has 2 heterocycles. The van der Waals surface area contributed by atoms with E-state index < -0.39 is 0 Å². The number of carbonyl (C=O) groups is 1. The quantitative estimate of drug-likeness (QED) is 0.926. The van der Waals surface area contributed by atoms with Crippen molar-refractivity contribution in [1.82, 2.24) is 14.9 Å². The van der Waals surface area contributed by atoms with Crippen molar-refractivity contribution in [2.24, 2.45) is 11.8 Å². The van der Waals surface area contributed by atoms with Gasteiger partial charge in [-0.2, -0.15) is 0 Å². The summed E-state index contributed by atoms with van der Waals surface area (Å²) in [6, 6.07) is 5.73. The van der Waals surface area contributed by atoms with Crippen LogP contribution in [0.15, 0.2) is 18.2 Å². The fourth-order valence-electron chi connectivity index (χ4n) is 4.06.